The Kier molecular flexibility index (Phi) is 8.20. The Balaban J connectivity index is 1.26. The monoisotopic (exact) mass is 751 g/mol. The first-order valence-corrected chi connectivity index (χ1v) is 20.1. The van der Waals surface area contributed by atoms with Crippen molar-refractivity contribution in [3.8, 4) is 45.5 Å². The zero-order valence-electron chi connectivity index (χ0n) is 33.8. The van der Waals surface area contributed by atoms with Crippen LogP contribution in [0.2, 0.25) is 0 Å². The Morgan fingerprint density at radius 3 is 0.931 bits per heavy atom. The van der Waals surface area contributed by atoms with Crippen LogP contribution in [0.25, 0.3) is 89.2 Å². The largest absolute Gasteiger partial charge is 0.309 e. The van der Waals surface area contributed by atoms with Gasteiger partial charge in [-0.05, 0) is 64.4 Å². The average molecular weight is 752 g/mol. The van der Waals surface area contributed by atoms with Gasteiger partial charge in [0, 0.05) is 49.6 Å². The minimum Gasteiger partial charge on any atom is -0.309 e. The molecule has 0 bridgehead atoms. The molecule has 3 aromatic heterocycles. The smallest absolute Gasteiger partial charge is 0.164 e. The molecule has 0 aliphatic rings. The van der Waals surface area contributed by atoms with Gasteiger partial charge < -0.3 is 9.13 Å². The molecular weight excluding hydrogens is 707 g/mol. The first-order chi connectivity index (χ1) is 28.0. The molecule has 0 spiro atoms. The zero-order valence-corrected chi connectivity index (χ0v) is 33.8. The van der Waals surface area contributed by atoms with Gasteiger partial charge in [0.05, 0.1) is 22.1 Å². The molecule has 0 radical (unpaired) electrons. The fourth-order valence-corrected chi connectivity index (χ4v) is 8.39. The summed E-state index contributed by atoms with van der Waals surface area (Å²) in [4.78, 5) is 15.8. The first kappa shape index (κ1) is 35.6. The fourth-order valence-electron chi connectivity index (χ4n) is 8.39. The minimum absolute atomic E-state index is 0.0270. The van der Waals surface area contributed by atoms with Gasteiger partial charge in [0.15, 0.2) is 17.5 Å². The van der Waals surface area contributed by atoms with Gasteiger partial charge in [-0.15, -0.1) is 0 Å². The summed E-state index contributed by atoms with van der Waals surface area (Å²) in [6.07, 6.45) is 0. The van der Waals surface area contributed by atoms with Gasteiger partial charge >= 0.3 is 0 Å². The molecule has 0 aliphatic heterocycles. The Morgan fingerprint density at radius 1 is 0.328 bits per heavy atom. The highest BCUT2D eigenvalue weighted by atomic mass is 15.0. The molecule has 0 saturated heterocycles. The van der Waals surface area contributed by atoms with Crippen molar-refractivity contribution in [3.63, 3.8) is 0 Å². The molecule has 0 saturated carbocycles. The maximum absolute atomic E-state index is 5.30. The number of fused-ring (bicyclic) bond motifs is 6. The van der Waals surface area contributed by atoms with Crippen molar-refractivity contribution in [3.05, 3.63) is 175 Å². The van der Waals surface area contributed by atoms with Gasteiger partial charge in [0.2, 0.25) is 0 Å². The molecule has 282 valence electrons. The van der Waals surface area contributed by atoms with E-state index in [4.69, 9.17) is 15.0 Å². The molecule has 0 aliphatic carbocycles. The molecule has 0 atom stereocenters. The van der Waals surface area contributed by atoms with Crippen LogP contribution in [0.1, 0.15) is 52.7 Å². The van der Waals surface area contributed by atoms with E-state index < -0.39 is 0 Å². The van der Waals surface area contributed by atoms with Crippen molar-refractivity contribution in [2.24, 2.45) is 0 Å². The van der Waals surface area contributed by atoms with Gasteiger partial charge in [-0.25, -0.2) is 15.0 Å². The highest BCUT2D eigenvalue weighted by molar-refractivity contribution is 6.10. The summed E-state index contributed by atoms with van der Waals surface area (Å²) in [6, 6.07) is 58.8. The van der Waals surface area contributed by atoms with Crippen LogP contribution in [0, 0.1) is 0 Å². The first-order valence-electron chi connectivity index (χ1n) is 20.1. The number of nitrogens with zero attached hydrogens (tertiary/aromatic N) is 5. The summed E-state index contributed by atoms with van der Waals surface area (Å²) >= 11 is 0. The van der Waals surface area contributed by atoms with Crippen LogP contribution < -0.4 is 0 Å². The van der Waals surface area contributed by atoms with E-state index in [2.05, 4.69) is 214 Å². The summed E-state index contributed by atoms with van der Waals surface area (Å²) in [5.74, 6) is 1.89. The summed E-state index contributed by atoms with van der Waals surface area (Å²) in [6.45, 7) is 13.4. The second-order valence-corrected chi connectivity index (χ2v) is 17.4. The van der Waals surface area contributed by atoms with Crippen LogP contribution in [0.15, 0.2) is 164 Å². The summed E-state index contributed by atoms with van der Waals surface area (Å²) in [5.41, 5.74) is 12.0. The lowest BCUT2D eigenvalue weighted by atomic mass is 9.86. The van der Waals surface area contributed by atoms with E-state index in [0.717, 1.165) is 50.1 Å². The third-order valence-corrected chi connectivity index (χ3v) is 11.5. The molecule has 0 amide bonds. The predicted octanol–water partition coefficient (Wildman–Crippen LogP) is 13.7. The SMILES string of the molecule is CC(C)(C)c1ccc(-c2nc(-c3ccc(C(C)(C)C)cc3)nc(-c3cc(-n4c5ccccc5c5ccccc54)cc(-n4c5ccccc5c5ccccc54)c3)n2)cc1. The van der Waals surface area contributed by atoms with E-state index >= 15 is 0 Å². The average Bonchev–Trinajstić information content (AvgIpc) is 3.76. The van der Waals surface area contributed by atoms with Crippen LogP contribution in [-0.2, 0) is 10.8 Å². The number of aromatic nitrogens is 5. The summed E-state index contributed by atoms with van der Waals surface area (Å²) in [5, 5.41) is 4.85. The molecule has 58 heavy (non-hydrogen) atoms. The van der Waals surface area contributed by atoms with E-state index in [0.29, 0.717) is 17.5 Å². The van der Waals surface area contributed by atoms with Crippen molar-refractivity contribution in [2.45, 2.75) is 52.4 Å². The maximum atomic E-state index is 5.30. The number of benzene rings is 7. The lowest BCUT2D eigenvalue weighted by Gasteiger charge is -2.19. The Morgan fingerprint density at radius 2 is 0.621 bits per heavy atom. The van der Waals surface area contributed by atoms with Gasteiger partial charge in [-0.1, -0.05) is 163 Å². The van der Waals surface area contributed by atoms with E-state index in [1.54, 1.807) is 0 Å². The lowest BCUT2D eigenvalue weighted by Crippen LogP contribution is -2.11. The molecule has 3 heterocycles. The normalized spacial score (nSPS) is 12.3. The second kappa shape index (κ2) is 13.4. The van der Waals surface area contributed by atoms with Crippen LogP contribution in [0.4, 0.5) is 0 Å². The Hall–Kier alpha value is -6.85. The van der Waals surface area contributed by atoms with Crippen LogP contribution >= 0.6 is 0 Å². The van der Waals surface area contributed by atoms with Crippen LogP contribution in [0.3, 0.4) is 0 Å². The third-order valence-electron chi connectivity index (χ3n) is 11.5. The standard InChI is InChI=1S/C53H45N5/c1-52(2,3)37-27-23-34(24-28-37)49-54-50(35-25-29-38(30-26-35)53(4,5)6)56-51(55-49)36-31-39(57-45-19-11-7-15-41(45)42-16-8-12-20-46(42)57)33-40(32-36)58-47-21-13-9-17-43(47)44-18-10-14-22-48(44)58/h7-33H,1-6H3. The van der Waals surface area contributed by atoms with Gasteiger partial charge in [0.1, 0.15) is 0 Å². The third kappa shape index (κ3) is 6.06. The number of hydrogen-bond acceptors (Lipinski definition) is 3. The molecule has 7 aromatic carbocycles. The van der Waals surface area contributed by atoms with Crippen molar-refractivity contribution in [2.75, 3.05) is 0 Å². The van der Waals surface area contributed by atoms with E-state index in [9.17, 15) is 0 Å². The predicted molar refractivity (Wildman–Crippen MR) is 242 cm³/mol. The van der Waals surface area contributed by atoms with E-state index in [1.165, 1.54) is 32.7 Å². The summed E-state index contributed by atoms with van der Waals surface area (Å²) < 4.78 is 4.76. The van der Waals surface area contributed by atoms with Crippen LogP contribution in [-0.4, -0.2) is 24.1 Å². The molecule has 0 N–H and O–H groups in total. The molecule has 10 aromatic rings. The molecule has 0 unspecified atom stereocenters. The maximum Gasteiger partial charge on any atom is 0.164 e. The molecule has 5 heteroatoms. The lowest BCUT2D eigenvalue weighted by molar-refractivity contribution is 0.590. The Bertz CT molecular complexity index is 2850. The summed E-state index contributed by atoms with van der Waals surface area (Å²) in [7, 11) is 0. The van der Waals surface area contributed by atoms with Gasteiger partial charge in [-0.3, -0.25) is 0 Å². The Labute approximate surface area is 339 Å². The quantitative estimate of drug-likeness (QED) is 0.176. The minimum atomic E-state index is 0.0270. The fraction of sp³-hybridized carbons (Fsp3) is 0.151. The van der Waals surface area contributed by atoms with Crippen molar-refractivity contribution < 1.29 is 0 Å². The zero-order chi connectivity index (χ0) is 39.8. The molecular formula is C53H45N5. The number of para-hydroxylation sites is 4. The van der Waals surface area contributed by atoms with Crippen molar-refractivity contribution in [1.29, 1.82) is 0 Å². The van der Waals surface area contributed by atoms with E-state index in [1.807, 2.05) is 0 Å². The molecule has 10 rings (SSSR count). The highest BCUT2D eigenvalue weighted by Crippen LogP contribution is 2.38. The van der Waals surface area contributed by atoms with Gasteiger partial charge in [0.25, 0.3) is 0 Å². The van der Waals surface area contributed by atoms with Crippen molar-refractivity contribution in [1.82, 2.24) is 24.1 Å². The van der Waals surface area contributed by atoms with Crippen LogP contribution in [0.5, 0.6) is 0 Å². The number of rotatable bonds is 5. The highest BCUT2D eigenvalue weighted by Gasteiger charge is 2.21. The second-order valence-electron chi connectivity index (χ2n) is 17.4. The van der Waals surface area contributed by atoms with Crippen molar-refractivity contribution >= 4 is 43.6 Å². The molecule has 5 nitrogen and oxygen atoms in total. The topological polar surface area (TPSA) is 48.5 Å². The van der Waals surface area contributed by atoms with E-state index in [-0.39, 0.29) is 10.8 Å². The van der Waals surface area contributed by atoms with Gasteiger partial charge in [-0.2, -0.15) is 0 Å². The number of hydrogen-bond donors (Lipinski definition) is 0. The molecule has 0 fully saturated rings.